The predicted octanol–water partition coefficient (Wildman–Crippen LogP) is 20.1. The van der Waals surface area contributed by atoms with Gasteiger partial charge in [-0.25, -0.2) is 4.57 Å². The summed E-state index contributed by atoms with van der Waals surface area (Å²) in [5.74, 6) is -1.50. The van der Waals surface area contributed by atoms with Gasteiger partial charge in [-0.2, -0.15) is 0 Å². The maximum Gasteiger partial charge on any atom is 0.472 e. The Kier molecular flexibility index (Phi) is 60.2. The van der Waals surface area contributed by atoms with E-state index in [0.717, 1.165) is 154 Å². The van der Waals surface area contributed by atoms with Gasteiger partial charge in [-0.05, 0) is 128 Å². The number of rotatable bonds is 60. The first-order chi connectivity index (χ1) is 40.2. The molecular weight excluding hydrogens is 1050 g/mol. The van der Waals surface area contributed by atoms with Crippen LogP contribution in [0.1, 0.15) is 278 Å². The maximum absolute atomic E-state index is 13.0. The third-order valence-corrected chi connectivity index (χ3v) is 14.6. The molecule has 0 aromatic rings. The van der Waals surface area contributed by atoms with Crippen LogP contribution in [0.2, 0.25) is 0 Å². The zero-order chi connectivity index (χ0) is 59.8. The minimum atomic E-state index is -4.77. The van der Waals surface area contributed by atoms with Crippen molar-refractivity contribution in [1.82, 2.24) is 0 Å². The molecule has 470 valence electrons. The fraction of sp³-hybridized carbons (Fsp3) is 0.700. The minimum Gasteiger partial charge on any atom is -0.462 e. The molecule has 0 spiro atoms. The quantitative estimate of drug-likeness (QED) is 0.0197. The van der Waals surface area contributed by atoms with E-state index in [1.807, 2.05) is 0 Å². The van der Waals surface area contributed by atoms with Crippen LogP contribution in [0.5, 0.6) is 0 Å². The van der Waals surface area contributed by atoms with Crippen LogP contribution in [-0.4, -0.2) is 66.5 Å². The minimum absolute atomic E-state index is 0.144. The van der Waals surface area contributed by atoms with Crippen LogP contribution >= 0.6 is 7.82 Å². The van der Waals surface area contributed by atoms with Gasteiger partial charge in [-0.15, -0.1) is 0 Å². The van der Waals surface area contributed by atoms with Crippen LogP contribution in [-0.2, 0) is 42.2 Å². The molecule has 0 aromatic carbocycles. The molecule has 0 radical (unpaired) electrons. The van der Waals surface area contributed by atoms with Gasteiger partial charge >= 0.3 is 25.7 Å². The third kappa shape index (κ3) is 60.7. The zero-order valence-corrected chi connectivity index (χ0v) is 53.1. The number of allylic oxidation sites excluding steroid dienone is 18. The summed E-state index contributed by atoms with van der Waals surface area (Å²) in [5.41, 5.74) is 0. The smallest absolute Gasteiger partial charge is 0.462 e. The van der Waals surface area contributed by atoms with Crippen molar-refractivity contribution in [2.75, 3.05) is 26.4 Å². The molecule has 0 saturated carbocycles. The fourth-order valence-corrected chi connectivity index (χ4v) is 9.46. The molecule has 12 heteroatoms. The molecule has 0 heterocycles. The topological polar surface area (TPSA) is 155 Å². The van der Waals surface area contributed by atoms with Gasteiger partial charge in [0.2, 0.25) is 0 Å². The van der Waals surface area contributed by atoms with Gasteiger partial charge in [0, 0.05) is 19.3 Å². The van der Waals surface area contributed by atoms with Crippen molar-refractivity contribution >= 4 is 25.7 Å². The molecule has 0 aliphatic carbocycles. The molecule has 82 heavy (non-hydrogen) atoms. The highest BCUT2D eigenvalue weighted by Gasteiger charge is 2.28. The first-order valence-electron chi connectivity index (χ1n) is 32.8. The number of phosphoric acid groups is 1. The monoisotopic (exact) mass is 1170 g/mol. The predicted molar refractivity (Wildman–Crippen MR) is 343 cm³/mol. The molecule has 0 aromatic heterocycles. The summed E-state index contributed by atoms with van der Waals surface area (Å²) < 4.78 is 39.7. The van der Waals surface area contributed by atoms with E-state index in [1.54, 1.807) is 0 Å². The van der Waals surface area contributed by atoms with Crippen molar-refractivity contribution in [3.63, 3.8) is 0 Å². The summed E-state index contributed by atoms with van der Waals surface area (Å²) in [7, 11) is -4.77. The maximum atomic E-state index is 13.0. The number of carbonyl (C=O) groups is 3. The first-order valence-corrected chi connectivity index (χ1v) is 34.3. The summed E-state index contributed by atoms with van der Waals surface area (Å²) in [6, 6.07) is 0. The first kappa shape index (κ1) is 78.1. The number of carbonyl (C=O) groups excluding carboxylic acids is 3. The van der Waals surface area contributed by atoms with Gasteiger partial charge in [0.05, 0.1) is 19.8 Å². The van der Waals surface area contributed by atoms with E-state index in [-0.39, 0.29) is 25.9 Å². The standard InChI is InChI=1S/C70H119O11P/c1-4-7-10-13-16-19-22-25-28-31-33-36-38-41-44-47-50-53-56-59-68(72)77-63-67(81-70(74)61-58-55-52-49-46-43-40-37-34-32-29-26-23-20-17-14-11-8-5-2)65-79-82(75,76)78-64-66(62-71)80-69(73)60-57-54-51-48-45-42-39-35-30-27-24-21-18-15-12-9-6-3/h7,10,16-21,25-30,33-34,36-37,66-67,71H,4-6,8-9,11-15,22-24,31-32,35,38-65H2,1-3H3,(H,75,76)/b10-7-,19-16-,20-17-,21-18-,28-25-,29-26-,30-27-,36-33-,37-34-. The number of phosphoric ester groups is 1. The molecule has 0 aliphatic rings. The highest BCUT2D eigenvalue weighted by Crippen LogP contribution is 2.43. The second-order valence-corrected chi connectivity index (χ2v) is 23.0. The molecule has 11 nitrogen and oxygen atoms in total. The van der Waals surface area contributed by atoms with Crippen LogP contribution in [0.15, 0.2) is 109 Å². The summed E-state index contributed by atoms with van der Waals surface area (Å²) >= 11 is 0. The molecule has 0 rings (SSSR count). The average molecular weight is 1170 g/mol. The number of aliphatic hydroxyl groups is 1. The molecule has 0 fully saturated rings. The van der Waals surface area contributed by atoms with Crippen molar-refractivity contribution in [3.05, 3.63) is 109 Å². The van der Waals surface area contributed by atoms with Gasteiger partial charge in [-0.3, -0.25) is 23.4 Å². The Balaban J connectivity index is 4.76. The van der Waals surface area contributed by atoms with Gasteiger partial charge in [0.1, 0.15) is 12.7 Å². The van der Waals surface area contributed by atoms with Crippen LogP contribution < -0.4 is 0 Å². The van der Waals surface area contributed by atoms with Gasteiger partial charge in [0.25, 0.3) is 0 Å². The molecule has 3 atom stereocenters. The van der Waals surface area contributed by atoms with Crippen LogP contribution in [0, 0.1) is 0 Å². The van der Waals surface area contributed by atoms with E-state index in [1.165, 1.54) is 64.2 Å². The van der Waals surface area contributed by atoms with E-state index in [0.29, 0.717) is 19.3 Å². The van der Waals surface area contributed by atoms with E-state index in [4.69, 9.17) is 23.3 Å². The lowest BCUT2D eigenvalue weighted by atomic mass is 10.1. The summed E-state index contributed by atoms with van der Waals surface area (Å²) in [6.07, 6.45) is 77.4. The van der Waals surface area contributed by atoms with E-state index in [2.05, 4.69) is 130 Å². The Labute approximate surface area is 501 Å². The highest BCUT2D eigenvalue weighted by atomic mass is 31.2. The SMILES string of the molecule is CC/C=C\C/C=C\C/C=C\C/C=C\CCCCCCCCC(=O)OCC(COP(=O)(O)OCC(CO)OC(=O)CCCCCCCCC/C=C\C/C=C\CCCCC)OC(=O)CCCCCCCC/C=C\C/C=C\C/C=C\CCCCC. The van der Waals surface area contributed by atoms with Crippen molar-refractivity contribution < 1.29 is 52.2 Å². The highest BCUT2D eigenvalue weighted by molar-refractivity contribution is 7.47. The molecule has 2 N–H and O–H groups in total. The average Bonchev–Trinajstić information content (AvgIpc) is 3.47. The Morgan fingerprint density at radius 2 is 0.634 bits per heavy atom. The zero-order valence-electron chi connectivity index (χ0n) is 52.2. The molecule has 0 amide bonds. The van der Waals surface area contributed by atoms with E-state index >= 15 is 0 Å². The number of hydrogen-bond acceptors (Lipinski definition) is 10. The second kappa shape index (κ2) is 63.2. The lowest BCUT2D eigenvalue weighted by molar-refractivity contribution is -0.161. The van der Waals surface area contributed by atoms with Crippen LogP contribution in [0.4, 0.5) is 0 Å². The van der Waals surface area contributed by atoms with Gasteiger partial charge in [-0.1, -0.05) is 239 Å². The van der Waals surface area contributed by atoms with Crippen molar-refractivity contribution in [3.8, 4) is 0 Å². The third-order valence-electron chi connectivity index (χ3n) is 13.6. The Morgan fingerprint density at radius 1 is 0.354 bits per heavy atom. The van der Waals surface area contributed by atoms with E-state index in [9.17, 15) is 28.9 Å². The largest absolute Gasteiger partial charge is 0.472 e. The van der Waals surface area contributed by atoms with Crippen LogP contribution in [0.25, 0.3) is 0 Å². The van der Waals surface area contributed by atoms with Gasteiger partial charge in [0.15, 0.2) is 6.10 Å². The number of hydrogen-bond donors (Lipinski definition) is 2. The Bertz CT molecular complexity index is 1790. The van der Waals surface area contributed by atoms with E-state index < -0.39 is 57.8 Å². The molecule has 3 unspecified atom stereocenters. The van der Waals surface area contributed by atoms with Crippen molar-refractivity contribution in [2.45, 2.75) is 290 Å². The fourth-order valence-electron chi connectivity index (χ4n) is 8.68. The Hall–Kier alpha value is -3.86. The molecule has 0 bridgehead atoms. The normalized spacial score (nSPS) is 14.0. The van der Waals surface area contributed by atoms with Crippen molar-refractivity contribution in [2.24, 2.45) is 0 Å². The summed E-state index contributed by atoms with van der Waals surface area (Å²) in [5, 5.41) is 9.86. The molecular formula is C70H119O11P. The Morgan fingerprint density at radius 3 is 0.976 bits per heavy atom. The second-order valence-electron chi connectivity index (χ2n) is 21.5. The lowest BCUT2D eigenvalue weighted by Gasteiger charge is -2.21. The number of ether oxygens (including phenoxy) is 3. The summed E-state index contributed by atoms with van der Waals surface area (Å²) in [6.45, 7) is 4.46. The van der Waals surface area contributed by atoms with Crippen molar-refractivity contribution in [1.29, 1.82) is 0 Å². The van der Waals surface area contributed by atoms with Gasteiger partial charge < -0.3 is 24.2 Å². The lowest BCUT2D eigenvalue weighted by Crippen LogP contribution is -2.30. The number of aliphatic hydroxyl groups excluding tert-OH is 1. The molecule has 0 saturated heterocycles. The number of unbranched alkanes of at least 4 members (excludes halogenated alkanes) is 25. The van der Waals surface area contributed by atoms with Crippen LogP contribution in [0.3, 0.4) is 0 Å². The number of esters is 3. The molecule has 0 aliphatic heterocycles. The summed E-state index contributed by atoms with van der Waals surface area (Å²) in [4.78, 5) is 48.8.